The predicted molar refractivity (Wildman–Crippen MR) is 77.5 cm³/mol. The van der Waals surface area contributed by atoms with Crippen molar-refractivity contribution in [3.63, 3.8) is 0 Å². The van der Waals surface area contributed by atoms with Crippen molar-refractivity contribution in [3.05, 3.63) is 28.2 Å². The Labute approximate surface area is 126 Å². The average Bonchev–Trinajstić information content (AvgIpc) is 2.78. The van der Waals surface area contributed by atoms with Crippen LogP contribution in [0.5, 0.6) is 0 Å². The van der Waals surface area contributed by atoms with Gasteiger partial charge in [0.2, 0.25) is 0 Å². The van der Waals surface area contributed by atoms with Crippen LogP contribution in [-0.4, -0.2) is 34.1 Å². The van der Waals surface area contributed by atoms with Gasteiger partial charge in [0.05, 0.1) is 15.7 Å². The van der Waals surface area contributed by atoms with E-state index in [2.05, 4.69) is 5.32 Å². The molecule has 1 aliphatic rings. The van der Waals surface area contributed by atoms with Crippen LogP contribution in [0.4, 0.5) is 10.5 Å². The molecule has 2 amide bonds. The predicted octanol–water partition coefficient (Wildman–Crippen LogP) is 3.46. The summed E-state index contributed by atoms with van der Waals surface area (Å²) in [5.74, 6) is -1.01. The number of carboxylic acid groups (broad SMARTS) is 1. The fraction of sp³-hybridized carbons (Fsp3) is 0.385. The number of nitrogens with zero attached hydrogens (tertiary/aromatic N) is 1. The van der Waals surface area contributed by atoms with Gasteiger partial charge in [0.15, 0.2) is 0 Å². The number of urea groups is 1. The molecule has 1 atom stereocenters. The fourth-order valence-electron chi connectivity index (χ4n) is 2.29. The molecular weight excluding hydrogens is 303 g/mol. The second-order valence-electron chi connectivity index (χ2n) is 4.87. The maximum atomic E-state index is 12.2. The molecule has 108 valence electrons. The van der Waals surface area contributed by atoms with Gasteiger partial charge in [-0.2, -0.15) is 0 Å². The van der Waals surface area contributed by atoms with Crippen LogP contribution in [0.25, 0.3) is 0 Å². The van der Waals surface area contributed by atoms with E-state index in [1.165, 1.54) is 4.90 Å². The van der Waals surface area contributed by atoms with Gasteiger partial charge in [-0.05, 0) is 31.9 Å². The number of hydrogen-bond donors (Lipinski definition) is 2. The van der Waals surface area contributed by atoms with Gasteiger partial charge in [-0.25, -0.2) is 9.59 Å². The van der Waals surface area contributed by atoms with Crippen LogP contribution in [0.1, 0.15) is 19.8 Å². The minimum absolute atomic E-state index is 0.235. The Balaban J connectivity index is 2.20. The van der Waals surface area contributed by atoms with Gasteiger partial charge in [0, 0.05) is 6.54 Å². The Hall–Kier alpha value is -1.46. The number of carbonyl (C=O) groups excluding carboxylic acids is 1. The molecule has 7 heteroatoms. The summed E-state index contributed by atoms with van der Waals surface area (Å²) >= 11 is 11.9. The Morgan fingerprint density at radius 1 is 1.40 bits per heavy atom. The molecule has 1 heterocycles. The zero-order valence-electron chi connectivity index (χ0n) is 10.8. The van der Waals surface area contributed by atoms with E-state index < -0.39 is 17.5 Å². The molecule has 2 rings (SSSR count). The summed E-state index contributed by atoms with van der Waals surface area (Å²) < 4.78 is 0. The van der Waals surface area contributed by atoms with E-state index in [1.807, 2.05) is 0 Å². The topological polar surface area (TPSA) is 69.6 Å². The molecule has 1 fully saturated rings. The van der Waals surface area contributed by atoms with E-state index >= 15 is 0 Å². The number of anilines is 1. The highest BCUT2D eigenvalue weighted by atomic mass is 35.5. The molecule has 1 aliphatic heterocycles. The first-order valence-corrected chi connectivity index (χ1v) is 6.88. The van der Waals surface area contributed by atoms with Crippen molar-refractivity contribution in [2.75, 3.05) is 11.9 Å². The highest BCUT2D eigenvalue weighted by Gasteiger charge is 2.46. The largest absolute Gasteiger partial charge is 0.480 e. The van der Waals surface area contributed by atoms with Gasteiger partial charge in [-0.15, -0.1) is 0 Å². The molecule has 1 unspecified atom stereocenters. The molecule has 1 aromatic rings. The first kappa shape index (κ1) is 14.9. The molecule has 0 bridgehead atoms. The molecule has 1 aromatic carbocycles. The monoisotopic (exact) mass is 316 g/mol. The zero-order valence-corrected chi connectivity index (χ0v) is 12.3. The van der Waals surface area contributed by atoms with Crippen LogP contribution in [0, 0.1) is 0 Å². The van der Waals surface area contributed by atoms with Crippen LogP contribution in [0.15, 0.2) is 18.2 Å². The second-order valence-corrected chi connectivity index (χ2v) is 5.65. The van der Waals surface area contributed by atoms with E-state index in [-0.39, 0.29) is 5.02 Å². The van der Waals surface area contributed by atoms with Gasteiger partial charge in [-0.3, -0.25) is 0 Å². The molecular formula is C13H14Cl2N2O3. The summed E-state index contributed by atoms with van der Waals surface area (Å²) in [7, 11) is 0. The third kappa shape index (κ3) is 2.55. The number of rotatable bonds is 2. The Morgan fingerprint density at radius 3 is 2.75 bits per heavy atom. The molecule has 0 aromatic heterocycles. The lowest BCUT2D eigenvalue weighted by molar-refractivity contribution is -0.146. The number of nitrogens with one attached hydrogen (secondary N) is 1. The number of hydrogen-bond acceptors (Lipinski definition) is 2. The number of likely N-dealkylation sites (tertiary alicyclic amines) is 1. The van der Waals surface area contributed by atoms with Crippen LogP contribution in [0.3, 0.4) is 0 Å². The van der Waals surface area contributed by atoms with Crippen molar-refractivity contribution in [2.45, 2.75) is 25.3 Å². The first-order chi connectivity index (χ1) is 9.36. The standard InChI is InChI=1S/C13H14Cl2N2O3/c1-13(11(18)19)6-3-7-17(13)12(20)16-9-5-2-4-8(14)10(9)15/h2,4-5H,3,6-7H2,1H3,(H,16,20)(H,18,19). The highest BCUT2D eigenvalue weighted by Crippen LogP contribution is 2.32. The third-order valence-electron chi connectivity index (χ3n) is 3.54. The van der Waals surface area contributed by atoms with E-state index in [1.54, 1.807) is 25.1 Å². The van der Waals surface area contributed by atoms with E-state index in [4.69, 9.17) is 23.2 Å². The number of carbonyl (C=O) groups is 2. The Bertz CT molecular complexity index is 565. The minimum atomic E-state index is -1.19. The number of carboxylic acids is 1. The molecule has 0 spiro atoms. The number of aliphatic carboxylic acids is 1. The van der Waals surface area contributed by atoms with Crippen LogP contribution in [-0.2, 0) is 4.79 Å². The number of benzene rings is 1. The van der Waals surface area contributed by atoms with Crippen molar-refractivity contribution in [1.29, 1.82) is 0 Å². The summed E-state index contributed by atoms with van der Waals surface area (Å²) in [5.41, 5.74) is -0.821. The fourth-order valence-corrected chi connectivity index (χ4v) is 2.64. The lowest BCUT2D eigenvalue weighted by atomic mass is 10.00. The van der Waals surface area contributed by atoms with Crippen molar-refractivity contribution < 1.29 is 14.7 Å². The van der Waals surface area contributed by atoms with Crippen LogP contribution < -0.4 is 5.32 Å². The summed E-state index contributed by atoms with van der Waals surface area (Å²) in [5, 5.41) is 12.5. The van der Waals surface area contributed by atoms with Gasteiger partial charge >= 0.3 is 12.0 Å². The van der Waals surface area contributed by atoms with Crippen molar-refractivity contribution in [3.8, 4) is 0 Å². The summed E-state index contributed by atoms with van der Waals surface area (Å²) in [6.45, 7) is 1.94. The maximum Gasteiger partial charge on any atom is 0.329 e. The Kier molecular flexibility index (Phi) is 4.11. The van der Waals surface area contributed by atoms with Gasteiger partial charge < -0.3 is 15.3 Å². The summed E-state index contributed by atoms with van der Waals surface area (Å²) in [6, 6.07) is 4.39. The van der Waals surface area contributed by atoms with Crippen LogP contribution in [0.2, 0.25) is 10.0 Å². The zero-order chi connectivity index (χ0) is 14.9. The lowest BCUT2D eigenvalue weighted by Crippen LogP contribution is -2.52. The van der Waals surface area contributed by atoms with E-state index in [9.17, 15) is 14.7 Å². The minimum Gasteiger partial charge on any atom is -0.480 e. The van der Waals surface area contributed by atoms with Gasteiger partial charge in [0.25, 0.3) is 0 Å². The highest BCUT2D eigenvalue weighted by molar-refractivity contribution is 6.43. The summed E-state index contributed by atoms with van der Waals surface area (Å²) in [4.78, 5) is 24.9. The Morgan fingerprint density at radius 2 is 2.10 bits per heavy atom. The van der Waals surface area contributed by atoms with E-state index in [0.29, 0.717) is 30.1 Å². The van der Waals surface area contributed by atoms with Crippen LogP contribution >= 0.6 is 23.2 Å². The van der Waals surface area contributed by atoms with Crippen molar-refractivity contribution in [2.24, 2.45) is 0 Å². The SMILES string of the molecule is CC1(C(=O)O)CCCN1C(=O)Nc1cccc(Cl)c1Cl. The molecule has 5 nitrogen and oxygen atoms in total. The molecule has 2 N–H and O–H groups in total. The third-order valence-corrected chi connectivity index (χ3v) is 4.36. The van der Waals surface area contributed by atoms with Crippen molar-refractivity contribution >= 4 is 40.9 Å². The average molecular weight is 317 g/mol. The molecule has 1 saturated heterocycles. The lowest BCUT2D eigenvalue weighted by Gasteiger charge is -2.31. The number of halogens is 2. The smallest absolute Gasteiger partial charge is 0.329 e. The quantitative estimate of drug-likeness (QED) is 0.877. The van der Waals surface area contributed by atoms with Crippen molar-refractivity contribution in [1.82, 2.24) is 4.90 Å². The number of amides is 2. The molecule has 0 aliphatic carbocycles. The normalized spacial score (nSPS) is 21.9. The molecule has 0 saturated carbocycles. The van der Waals surface area contributed by atoms with E-state index in [0.717, 1.165) is 0 Å². The first-order valence-electron chi connectivity index (χ1n) is 6.12. The molecule has 20 heavy (non-hydrogen) atoms. The van der Waals surface area contributed by atoms with Gasteiger partial charge in [-0.1, -0.05) is 29.3 Å². The molecule has 0 radical (unpaired) electrons. The second kappa shape index (κ2) is 5.50. The summed E-state index contributed by atoms with van der Waals surface area (Å²) in [6.07, 6.45) is 1.08. The van der Waals surface area contributed by atoms with Gasteiger partial charge in [0.1, 0.15) is 5.54 Å². The maximum absolute atomic E-state index is 12.2.